The highest BCUT2D eigenvalue weighted by molar-refractivity contribution is 6.90. The first-order chi connectivity index (χ1) is 14.9. The number of hydrogen-bond acceptors (Lipinski definition) is 4. The number of benzene rings is 2. The van der Waals surface area contributed by atoms with Gasteiger partial charge in [0.1, 0.15) is 12.6 Å². The standard InChI is InChI=1S/C23H26N4O3Si/c1-4-14-31(2,3)20-12-10-18(11-13-20)21(25-26-24)22(28)27-19(16-30-23(27)29)15-17-8-6-5-7-9-17/h4-13,19,21H,1,14-16H2,2-3H3. The van der Waals surface area contributed by atoms with Crippen molar-refractivity contribution in [2.24, 2.45) is 5.11 Å². The van der Waals surface area contributed by atoms with Crippen LogP contribution in [0.1, 0.15) is 17.2 Å². The number of cyclic esters (lactones) is 1. The van der Waals surface area contributed by atoms with Crippen molar-refractivity contribution in [3.63, 3.8) is 0 Å². The molecule has 1 heterocycles. The minimum absolute atomic E-state index is 0.114. The van der Waals surface area contributed by atoms with Crippen LogP contribution in [0, 0.1) is 0 Å². The average Bonchev–Trinajstić information content (AvgIpc) is 3.12. The molecule has 0 aromatic heterocycles. The smallest absolute Gasteiger partial charge is 0.417 e. The summed E-state index contributed by atoms with van der Waals surface area (Å²) < 4.78 is 5.15. The zero-order valence-corrected chi connectivity index (χ0v) is 18.8. The zero-order valence-electron chi connectivity index (χ0n) is 17.8. The van der Waals surface area contributed by atoms with Crippen LogP contribution >= 0.6 is 0 Å². The summed E-state index contributed by atoms with van der Waals surface area (Å²) in [5, 5.41) is 4.93. The summed E-state index contributed by atoms with van der Waals surface area (Å²) >= 11 is 0. The van der Waals surface area contributed by atoms with E-state index in [2.05, 4.69) is 29.7 Å². The van der Waals surface area contributed by atoms with E-state index in [0.29, 0.717) is 12.0 Å². The lowest BCUT2D eigenvalue weighted by molar-refractivity contribution is -0.130. The molecule has 2 unspecified atom stereocenters. The van der Waals surface area contributed by atoms with E-state index >= 15 is 0 Å². The number of carbonyl (C=O) groups is 2. The monoisotopic (exact) mass is 434 g/mol. The molecule has 7 nitrogen and oxygen atoms in total. The first-order valence-electron chi connectivity index (χ1n) is 10.2. The molecule has 2 aromatic carbocycles. The van der Waals surface area contributed by atoms with Crippen molar-refractivity contribution in [2.45, 2.75) is 37.6 Å². The second-order valence-corrected chi connectivity index (χ2v) is 13.0. The summed E-state index contributed by atoms with van der Waals surface area (Å²) in [4.78, 5) is 29.6. The second-order valence-electron chi connectivity index (χ2n) is 8.23. The van der Waals surface area contributed by atoms with E-state index in [4.69, 9.17) is 10.3 Å². The van der Waals surface area contributed by atoms with Crippen LogP contribution in [-0.2, 0) is 16.0 Å². The van der Waals surface area contributed by atoms with E-state index in [0.717, 1.165) is 16.5 Å². The number of imide groups is 1. The van der Waals surface area contributed by atoms with Crippen LogP contribution in [0.15, 0.2) is 72.4 Å². The van der Waals surface area contributed by atoms with Crippen LogP contribution in [0.4, 0.5) is 4.79 Å². The minimum atomic E-state index is -1.66. The van der Waals surface area contributed by atoms with Gasteiger partial charge in [0, 0.05) is 4.91 Å². The predicted molar refractivity (Wildman–Crippen MR) is 123 cm³/mol. The Hall–Kier alpha value is -3.35. The molecule has 31 heavy (non-hydrogen) atoms. The Bertz CT molecular complexity index is 1000. The van der Waals surface area contributed by atoms with Gasteiger partial charge < -0.3 is 4.74 Å². The third-order valence-corrected chi connectivity index (χ3v) is 8.78. The fraction of sp³-hybridized carbons (Fsp3) is 0.304. The highest BCUT2D eigenvalue weighted by Gasteiger charge is 2.41. The molecule has 0 spiro atoms. The van der Waals surface area contributed by atoms with Crippen molar-refractivity contribution in [1.82, 2.24) is 4.90 Å². The maximum Gasteiger partial charge on any atom is 0.417 e. The Morgan fingerprint density at radius 1 is 1.29 bits per heavy atom. The Morgan fingerprint density at radius 2 is 1.97 bits per heavy atom. The molecule has 0 radical (unpaired) electrons. The molecule has 160 valence electrons. The van der Waals surface area contributed by atoms with Gasteiger partial charge in [0.05, 0.1) is 14.1 Å². The number of hydrogen-bond donors (Lipinski definition) is 0. The molecular formula is C23H26N4O3Si. The lowest BCUT2D eigenvalue weighted by Crippen LogP contribution is -2.43. The van der Waals surface area contributed by atoms with Gasteiger partial charge in [0.15, 0.2) is 0 Å². The maximum atomic E-state index is 13.3. The summed E-state index contributed by atoms with van der Waals surface area (Å²) in [5.41, 5.74) is 10.6. The topological polar surface area (TPSA) is 95.4 Å². The number of azide groups is 1. The Morgan fingerprint density at radius 3 is 2.58 bits per heavy atom. The number of amides is 2. The fourth-order valence-corrected chi connectivity index (χ4v) is 5.83. The van der Waals surface area contributed by atoms with E-state index in [-0.39, 0.29) is 6.61 Å². The third kappa shape index (κ3) is 5.04. The normalized spacial score (nSPS) is 16.9. The van der Waals surface area contributed by atoms with Gasteiger partial charge in [-0.05, 0) is 29.1 Å². The average molecular weight is 435 g/mol. The second kappa shape index (κ2) is 9.64. The van der Waals surface area contributed by atoms with Gasteiger partial charge >= 0.3 is 6.09 Å². The lowest BCUT2D eigenvalue weighted by Gasteiger charge is -2.24. The van der Waals surface area contributed by atoms with Crippen molar-refractivity contribution in [2.75, 3.05) is 6.61 Å². The van der Waals surface area contributed by atoms with Crippen LogP contribution in [0.25, 0.3) is 10.4 Å². The van der Waals surface area contributed by atoms with Crippen molar-refractivity contribution in [1.29, 1.82) is 0 Å². The van der Waals surface area contributed by atoms with Crippen molar-refractivity contribution in [3.8, 4) is 0 Å². The van der Waals surface area contributed by atoms with E-state index in [1.807, 2.05) is 48.5 Å². The first-order valence-corrected chi connectivity index (χ1v) is 13.4. The minimum Gasteiger partial charge on any atom is -0.447 e. The molecule has 8 heteroatoms. The van der Waals surface area contributed by atoms with Crippen LogP contribution in [0.5, 0.6) is 0 Å². The van der Waals surface area contributed by atoms with Gasteiger partial charge in [-0.25, -0.2) is 9.69 Å². The Labute approximate surface area is 183 Å². The molecule has 0 saturated carbocycles. The van der Waals surface area contributed by atoms with Crippen LogP contribution in [0.2, 0.25) is 19.1 Å². The van der Waals surface area contributed by atoms with Crippen molar-refractivity contribution < 1.29 is 14.3 Å². The molecule has 0 bridgehead atoms. The molecular weight excluding hydrogens is 408 g/mol. The van der Waals surface area contributed by atoms with Crippen LogP contribution in [-0.4, -0.2) is 37.6 Å². The number of nitrogens with zero attached hydrogens (tertiary/aromatic N) is 4. The third-order valence-electron chi connectivity index (χ3n) is 5.58. The Balaban J connectivity index is 1.86. The van der Waals surface area contributed by atoms with E-state index < -0.39 is 32.2 Å². The van der Waals surface area contributed by atoms with Gasteiger partial charge in [-0.2, -0.15) is 0 Å². The van der Waals surface area contributed by atoms with E-state index in [9.17, 15) is 9.59 Å². The Kier molecular flexibility index (Phi) is 6.94. The van der Waals surface area contributed by atoms with Gasteiger partial charge in [0.2, 0.25) is 5.91 Å². The summed E-state index contributed by atoms with van der Waals surface area (Å²) in [6, 6.07) is 16.5. The summed E-state index contributed by atoms with van der Waals surface area (Å²) in [5.74, 6) is -0.573. The molecule has 1 aliphatic rings. The van der Waals surface area contributed by atoms with Gasteiger partial charge in [-0.1, -0.05) is 84.1 Å². The lowest BCUT2D eigenvalue weighted by atomic mass is 10.0. The molecule has 1 fully saturated rings. The highest BCUT2D eigenvalue weighted by atomic mass is 28.3. The predicted octanol–water partition coefficient (Wildman–Crippen LogP) is 4.73. The van der Waals surface area contributed by atoms with Gasteiger partial charge in [0.25, 0.3) is 0 Å². The first kappa shape index (κ1) is 22.3. The summed E-state index contributed by atoms with van der Waals surface area (Å²) in [6.45, 7) is 8.44. The van der Waals surface area contributed by atoms with E-state index in [1.54, 1.807) is 12.1 Å². The van der Waals surface area contributed by atoms with E-state index in [1.165, 1.54) is 5.19 Å². The van der Waals surface area contributed by atoms with Gasteiger partial charge in [-0.15, -0.1) is 6.58 Å². The largest absolute Gasteiger partial charge is 0.447 e. The molecule has 0 N–H and O–H groups in total. The quantitative estimate of drug-likeness (QED) is 0.198. The zero-order chi connectivity index (χ0) is 22.4. The summed E-state index contributed by atoms with van der Waals surface area (Å²) in [6.07, 6.45) is 1.69. The molecule has 3 rings (SSSR count). The van der Waals surface area contributed by atoms with Crippen molar-refractivity contribution in [3.05, 3.63) is 88.8 Å². The molecule has 2 amide bonds. The van der Waals surface area contributed by atoms with Crippen molar-refractivity contribution >= 4 is 25.3 Å². The number of ether oxygens (including phenoxy) is 1. The summed E-state index contributed by atoms with van der Waals surface area (Å²) in [7, 11) is -1.66. The van der Waals surface area contributed by atoms with Crippen LogP contribution < -0.4 is 5.19 Å². The SMILES string of the molecule is C=CC[Si](C)(C)c1ccc(C(N=[N+]=[N-])C(=O)N2C(=O)OCC2Cc2ccccc2)cc1. The molecule has 1 saturated heterocycles. The number of carbonyl (C=O) groups excluding carboxylic acids is 2. The molecule has 2 atom stereocenters. The molecule has 0 aliphatic carbocycles. The molecule has 2 aromatic rings. The molecule has 1 aliphatic heterocycles. The highest BCUT2D eigenvalue weighted by Crippen LogP contribution is 2.26. The maximum absolute atomic E-state index is 13.3. The number of rotatable bonds is 8. The number of allylic oxidation sites excluding steroid dienone is 1. The fourth-order valence-electron chi connectivity index (χ4n) is 3.80. The van der Waals surface area contributed by atoms with Crippen LogP contribution in [0.3, 0.4) is 0 Å². The van der Waals surface area contributed by atoms with Gasteiger partial charge in [-0.3, -0.25) is 4.79 Å².